The van der Waals surface area contributed by atoms with Crippen LogP contribution in [0.15, 0.2) is 36.7 Å². The summed E-state index contributed by atoms with van der Waals surface area (Å²) in [5.74, 6) is 0.963. The van der Waals surface area contributed by atoms with E-state index in [0.29, 0.717) is 24.7 Å². The Bertz CT molecular complexity index is 732. The summed E-state index contributed by atoms with van der Waals surface area (Å²) in [4.78, 5) is 22.9. The highest BCUT2D eigenvalue weighted by molar-refractivity contribution is 5.93. The van der Waals surface area contributed by atoms with Gasteiger partial charge in [-0.15, -0.1) is 0 Å². The standard InChI is InChI=1S/C19H25N5O3/c1-2-27-17-6-4-3-5-16(17)23-19-21-13-15(14-22-19)18(25)20-7-8-24-9-11-26-12-10-24/h3-6,13-14H,2,7-12H2,1H3,(H,20,25)(H,21,22,23). The average Bonchev–Trinajstić information content (AvgIpc) is 2.71. The van der Waals surface area contributed by atoms with Gasteiger partial charge in [-0.1, -0.05) is 12.1 Å². The van der Waals surface area contributed by atoms with E-state index in [-0.39, 0.29) is 5.91 Å². The van der Waals surface area contributed by atoms with E-state index in [4.69, 9.17) is 9.47 Å². The molecule has 3 rings (SSSR count). The zero-order valence-corrected chi connectivity index (χ0v) is 15.5. The third-order valence-corrected chi connectivity index (χ3v) is 4.16. The van der Waals surface area contributed by atoms with Crippen LogP contribution >= 0.6 is 0 Å². The highest BCUT2D eigenvalue weighted by atomic mass is 16.5. The molecule has 0 radical (unpaired) electrons. The van der Waals surface area contributed by atoms with Gasteiger partial charge in [0.15, 0.2) is 0 Å². The summed E-state index contributed by atoms with van der Waals surface area (Å²) in [6.45, 7) is 7.21. The lowest BCUT2D eigenvalue weighted by atomic mass is 10.3. The number of anilines is 2. The second kappa shape index (κ2) is 9.84. The monoisotopic (exact) mass is 371 g/mol. The van der Waals surface area contributed by atoms with Crippen LogP contribution in [0.1, 0.15) is 17.3 Å². The van der Waals surface area contributed by atoms with Crippen molar-refractivity contribution in [3.63, 3.8) is 0 Å². The second-order valence-corrected chi connectivity index (χ2v) is 6.06. The molecular weight excluding hydrogens is 346 g/mol. The van der Waals surface area contributed by atoms with Gasteiger partial charge < -0.3 is 20.1 Å². The van der Waals surface area contributed by atoms with E-state index < -0.39 is 0 Å². The molecule has 0 aliphatic carbocycles. The predicted octanol–water partition coefficient (Wildman–Crippen LogP) is 1.68. The minimum absolute atomic E-state index is 0.176. The number of hydrogen-bond acceptors (Lipinski definition) is 7. The summed E-state index contributed by atoms with van der Waals surface area (Å²) in [5, 5.41) is 6.01. The molecule has 1 aromatic heterocycles. The average molecular weight is 371 g/mol. The van der Waals surface area contributed by atoms with Crippen molar-refractivity contribution in [3.05, 3.63) is 42.2 Å². The molecule has 0 atom stereocenters. The van der Waals surface area contributed by atoms with Crippen molar-refractivity contribution in [1.82, 2.24) is 20.2 Å². The number of carbonyl (C=O) groups is 1. The fourth-order valence-corrected chi connectivity index (χ4v) is 2.74. The minimum Gasteiger partial charge on any atom is -0.492 e. The van der Waals surface area contributed by atoms with Crippen molar-refractivity contribution in [1.29, 1.82) is 0 Å². The lowest BCUT2D eigenvalue weighted by Crippen LogP contribution is -2.41. The molecule has 144 valence electrons. The Kier molecular flexibility index (Phi) is 6.95. The summed E-state index contributed by atoms with van der Waals surface area (Å²) < 4.78 is 10.9. The third kappa shape index (κ3) is 5.63. The molecule has 1 fully saturated rings. The van der Waals surface area contributed by atoms with Gasteiger partial charge in [-0.25, -0.2) is 9.97 Å². The third-order valence-electron chi connectivity index (χ3n) is 4.16. The summed E-state index contributed by atoms with van der Waals surface area (Å²) >= 11 is 0. The molecule has 2 heterocycles. The van der Waals surface area contributed by atoms with E-state index in [0.717, 1.165) is 44.3 Å². The van der Waals surface area contributed by atoms with E-state index in [1.54, 1.807) is 0 Å². The van der Waals surface area contributed by atoms with Crippen molar-refractivity contribution in [2.45, 2.75) is 6.92 Å². The van der Waals surface area contributed by atoms with Gasteiger partial charge >= 0.3 is 0 Å². The number of morpholine rings is 1. The zero-order valence-electron chi connectivity index (χ0n) is 15.5. The van der Waals surface area contributed by atoms with Gasteiger partial charge in [0.25, 0.3) is 5.91 Å². The van der Waals surface area contributed by atoms with Crippen molar-refractivity contribution in [3.8, 4) is 5.75 Å². The van der Waals surface area contributed by atoms with Crippen LogP contribution in [-0.4, -0.2) is 66.8 Å². The second-order valence-electron chi connectivity index (χ2n) is 6.06. The van der Waals surface area contributed by atoms with E-state index >= 15 is 0 Å². The lowest BCUT2D eigenvalue weighted by molar-refractivity contribution is 0.0383. The van der Waals surface area contributed by atoms with Crippen LogP contribution < -0.4 is 15.4 Å². The van der Waals surface area contributed by atoms with Gasteiger partial charge in [0, 0.05) is 38.6 Å². The SMILES string of the molecule is CCOc1ccccc1Nc1ncc(C(=O)NCCN2CCOCC2)cn1. The summed E-state index contributed by atoms with van der Waals surface area (Å²) in [6, 6.07) is 7.57. The van der Waals surface area contributed by atoms with E-state index in [1.807, 2.05) is 31.2 Å². The number of rotatable bonds is 8. The molecule has 1 saturated heterocycles. The molecule has 8 nitrogen and oxygen atoms in total. The highest BCUT2D eigenvalue weighted by Crippen LogP contribution is 2.25. The molecule has 1 aliphatic heterocycles. The number of aromatic nitrogens is 2. The van der Waals surface area contributed by atoms with Crippen LogP contribution in [0.3, 0.4) is 0 Å². The number of para-hydroxylation sites is 2. The number of amides is 1. The Balaban J connectivity index is 1.51. The van der Waals surface area contributed by atoms with Crippen molar-refractivity contribution in [2.75, 3.05) is 51.3 Å². The zero-order chi connectivity index (χ0) is 18.9. The molecule has 1 amide bonds. The van der Waals surface area contributed by atoms with Gasteiger partial charge in [-0.3, -0.25) is 9.69 Å². The normalized spacial score (nSPS) is 14.6. The van der Waals surface area contributed by atoms with E-state index in [9.17, 15) is 4.79 Å². The van der Waals surface area contributed by atoms with E-state index in [1.165, 1.54) is 12.4 Å². The Morgan fingerprint density at radius 3 is 2.70 bits per heavy atom. The maximum absolute atomic E-state index is 12.2. The minimum atomic E-state index is -0.176. The molecule has 2 N–H and O–H groups in total. The van der Waals surface area contributed by atoms with Gasteiger partial charge in [0.2, 0.25) is 5.95 Å². The maximum Gasteiger partial charge on any atom is 0.254 e. The summed E-state index contributed by atoms with van der Waals surface area (Å²) in [7, 11) is 0. The van der Waals surface area contributed by atoms with Crippen LogP contribution in [0.4, 0.5) is 11.6 Å². The number of benzene rings is 1. The van der Waals surface area contributed by atoms with Gasteiger partial charge in [-0.05, 0) is 19.1 Å². The number of ether oxygens (including phenoxy) is 2. The Hall–Kier alpha value is -2.71. The molecule has 0 saturated carbocycles. The fourth-order valence-electron chi connectivity index (χ4n) is 2.74. The van der Waals surface area contributed by atoms with Gasteiger partial charge in [0.05, 0.1) is 31.1 Å². The largest absolute Gasteiger partial charge is 0.492 e. The summed E-state index contributed by atoms with van der Waals surface area (Å²) in [5.41, 5.74) is 1.21. The molecule has 0 spiro atoms. The lowest BCUT2D eigenvalue weighted by Gasteiger charge is -2.26. The van der Waals surface area contributed by atoms with Gasteiger partial charge in [-0.2, -0.15) is 0 Å². The first-order chi connectivity index (χ1) is 13.3. The van der Waals surface area contributed by atoms with Crippen LogP contribution in [0.25, 0.3) is 0 Å². The topological polar surface area (TPSA) is 88.6 Å². The maximum atomic E-state index is 12.2. The number of carbonyl (C=O) groups excluding carboxylic acids is 1. The van der Waals surface area contributed by atoms with Crippen molar-refractivity contribution < 1.29 is 14.3 Å². The molecule has 2 aromatic rings. The molecule has 27 heavy (non-hydrogen) atoms. The first-order valence-electron chi connectivity index (χ1n) is 9.15. The highest BCUT2D eigenvalue weighted by Gasteiger charge is 2.12. The van der Waals surface area contributed by atoms with E-state index in [2.05, 4.69) is 25.5 Å². The smallest absolute Gasteiger partial charge is 0.254 e. The number of nitrogens with one attached hydrogen (secondary N) is 2. The van der Waals surface area contributed by atoms with Crippen molar-refractivity contribution >= 4 is 17.5 Å². The van der Waals surface area contributed by atoms with Gasteiger partial charge in [0.1, 0.15) is 5.75 Å². The first kappa shape index (κ1) is 19.1. The summed E-state index contributed by atoms with van der Waals surface area (Å²) in [6.07, 6.45) is 3.03. The number of nitrogens with zero attached hydrogens (tertiary/aromatic N) is 3. The Morgan fingerprint density at radius 1 is 1.22 bits per heavy atom. The molecule has 0 bridgehead atoms. The van der Waals surface area contributed by atoms with Crippen LogP contribution in [0, 0.1) is 0 Å². The Morgan fingerprint density at radius 2 is 1.96 bits per heavy atom. The van der Waals surface area contributed by atoms with Crippen LogP contribution in [0.5, 0.6) is 5.75 Å². The Labute approximate surface area is 158 Å². The molecule has 8 heteroatoms. The van der Waals surface area contributed by atoms with Crippen LogP contribution in [-0.2, 0) is 4.74 Å². The first-order valence-corrected chi connectivity index (χ1v) is 9.15. The quantitative estimate of drug-likeness (QED) is 0.730. The molecule has 1 aliphatic rings. The van der Waals surface area contributed by atoms with Crippen molar-refractivity contribution in [2.24, 2.45) is 0 Å². The predicted molar refractivity (Wildman–Crippen MR) is 103 cm³/mol. The van der Waals surface area contributed by atoms with Crippen LogP contribution in [0.2, 0.25) is 0 Å². The number of hydrogen-bond donors (Lipinski definition) is 2. The molecule has 1 aromatic carbocycles. The molecule has 0 unspecified atom stereocenters. The fraction of sp³-hybridized carbons (Fsp3) is 0.421. The molecular formula is C19H25N5O3.